The van der Waals surface area contributed by atoms with Crippen LogP contribution in [0.25, 0.3) is 0 Å². The molecule has 1 amide bonds. The number of primary amides is 1. The van der Waals surface area contributed by atoms with Crippen molar-refractivity contribution in [2.45, 2.75) is 103 Å². The number of unbranched alkanes of at least 4 members (excludes halogenated alkanes) is 14. The lowest BCUT2D eigenvalue weighted by molar-refractivity contribution is -0.120. The monoisotopic (exact) mass is 333 g/mol. The van der Waals surface area contributed by atoms with Gasteiger partial charge in [-0.3, -0.25) is 4.79 Å². The third-order valence-electron chi connectivity index (χ3n) is 4.53. The van der Waals surface area contributed by atoms with Crippen molar-refractivity contribution in [3.05, 3.63) is 0 Å². The second-order valence-corrected chi connectivity index (χ2v) is 6.73. The molecule has 0 fully saturated rings. The summed E-state index contributed by atoms with van der Waals surface area (Å²) in [6, 6.07) is 4.16. The van der Waals surface area contributed by atoms with E-state index in [0.29, 0.717) is 12.8 Å². The Morgan fingerprint density at radius 1 is 0.708 bits per heavy atom. The Hall–Kier alpha value is -1.55. The van der Waals surface area contributed by atoms with Crippen molar-refractivity contribution < 1.29 is 4.79 Å². The van der Waals surface area contributed by atoms with Gasteiger partial charge in [0.1, 0.15) is 5.92 Å². The van der Waals surface area contributed by atoms with E-state index in [9.17, 15) is 4.79 Å². The molecule has 0 rings (SSSR count). The molecule has 0 heterocycles. The van der Waals surface area contributed by atoms with Crippen LogP contribution in [0.15, 0.2) is 0 Å². The summed E-state index contributed by atoms with van der Waals surface area (Å²) in [5.74, 6) is -1.09. The lowest BCUT2D eigenvalue weighted by atomic mass is 10.0. The van der Waals surface area contributed by atoms with Gasteiger partial charge in [0, 0.05) is 6.42 Å². The van der Waals surface area contributed by atoms with E-state index in [-0.39, 0.29) is 0 Å². The second-order valence-electron chi connectivity index (χ2n) is 6.73. The molecule has 1 unspecified atom stereocenters. The molecule has 1 atom stereocenters. The molecule has 0 radical (unpaired) electrons. The molecule has 136 valence electrons. The van der Waals surface area contributed by atoms with E-state index in [4.69, 9.17) is 16.3 Å². The Morgan fingerprint density at radius 3 is 1.42 bits per heavy atom. The maximum Gasteiger partial charge on any atom is 0.234 e. The van der Waals surface area contributed by atoms with Gasteiger partial charge in [0.25, 0.3) is 0 Å². The van der Waals surface area contributed by atoms with Gasteiger partial charge in [0.15, 0.2) is 0 Å². The summed E-state index contributed by atoms with van der Waals surface area (Å²) in [7, 11) is 0. The van der Waals surface area contributed by atoms with Gasteiger partial charge in [0.05, 0.1) is 12.1 Å². The molecular weight excluding hydrogens is 298 g/mol. The minimum atomic E-state index is -0.601. The number of nitriles is 2. The topological polar surface area (TPSA) is 90.7 Å². The van der Waals surface area contributed by atoms with E-state index in [1.165, 1.54) is 70.6 Å². The molecule has 0 saturated carbocycles. The molecule has 0 aromatic rings. The zero-order chi connectivity index (χ0) is 17.9. The van der Waals surface area contributed by atoms with Crippen LogP contribution in [0.1, 0.15) is 103 Å². The first-order valence-corrected chi connectivity index (χ1v) is 9.78. The van der Waals surface area contributed by atoms with Crippen LogP contribution in [0.4, 0.5) is 0 Å². The number of nitrogens with zero attached hydrogens (tertiary/aromatic N) is 2. The molecule has 4 heteroatoms. The van der Waals surface area contributed by atoms with Crippen molar-refractivity contribution in [1.82, 2.24) is 0 Å². The third-order valence-corrected chi connectivity index (χ3v) is 4.53. The van der Waals surface area contributed by atoms with E-state index in [0.717, 1.165) is 19.3 Å². The molecule has 24 heavy (non-hydrogen) atoms. The van der Waals surface area contributed by atoms with E-state index in [2.05, 4.69) is 6.07 Å². The minimum absolute atomic E-state index is 0.486. The van der Waals surface area contributed by atoms with Gasteiger partial charge in [-0.1, -0.05) is 83.5 Å². The quantitative estimate of drug-likeness (QED) is 0.362. The van der Waals surface area contributed by atoms with Gasteiger partial charge in [-0.05, 0) is 12.8 Å². The summed E-state index contributed by atoms with van der Waals surface area (Å²) < 4.78 is 0. The number of hydrogen-bond donors (Lipinski definition) is 1. The smallest absolute Gasteiger partial charge is 0.234 e. The predicted octanol–water partition coefficient (Wildman–Crippen LogP) is 5.38. The second kappa shape index (κ2) is 17.8. The number of amides is 1. The van der Waals surface area contributed by atoms with Gasteiger partial charge >= 0.3 is 0 Å². The Labute approximate surface area is 148 Å². The van der Waals surface area contributed by atoms with Crippen LogP contribution in [0.3, 0.4) is 0 Å². The van der Waals surface area contributed by atoms with Crippen molar-refractivity contribution in [3.63, 3.8) is 0 Å². The highest BCUT2D eigenvalue weighted by atomic mass is 16.1. The lowest BCUT2D eigenvalue weighted by Gasteiger charge is -2.05. The van der Waals surface area contributed by atoms with Crippen LogP contribution < -0.4 is 5.73 Å². The van der Waals surface area contributed by atoms with Crippen LogP contribution >= 0.6 is 0 Å². The highest BCUT2D eigenvalue weighted by molar-refractivity contribution is 5.79. The first-order chi connectivity index (χ1) is 11.7. The molecule has 0 aliphatic carbocycles. The van der Waals surface area contributed by atoms with Crippen LogP contribution in [0.5, 0.6) is 0 Å². The maximum absolute atomic E-state index is 10.9. The Balaban J connectivity index is 3.14. The van der Waals surface area contributed by atoms with Crippen LogP contribution in [0.2, 0.25) is 0 Å². The summed E-state index contributed by atoms with van der Waals surface area (Å²) in [4.78, 5) is 10.9. The van der Waals surface area contributed by atoms with E-state index in [1.807, 2.05) is 6.07 Å². The fourth-order valence-electron chi connectivity index (χ4n) is 2.94. The fourth-order valence-corrected chi connectivity index (χ4v) is 2.94. The van der Waals surface area contributed by atoms with Crippen LogP contribution in [0, 0.1) is 28.6 Å². The Bertz CT molecular complexity index is 381. The summed E-state index contributed by atoms with van der Waals surface area (Å²) >= 11 is 0. The molecule has 0 aliphatic heterocycles. The van der Waals surface area contributed by atoms with E-state index in [1.54, 1.807) is 0 Å². The van der Waals surface area contributed by atoms with Gasteiger partial charge in [-0.25, -0.2) is 0 Å². The van der Waals surface area contributed by atoms with E-state index >= 15 is 0 Å². The largest absolute Gasteiger partial charge is 0.369 e. The zero-order valence-corrected chi connectivity index (χ0v) is 15.3. The number of nitrogens with two attached hydrogens (primary N) is 1. The molecular formula is C20H35N3O. The molecule has 0 bridgehead atoms. The number of carbonyl (C=O) groups is 1. The van der Waals surface area contributed by atoms with Crippen molar-refractivity contribution in [2.24, 2.45) is 11.7 Å². The standard InChI is InChI=1S/C20H35N3O/c21-17-15-13-11-9-7-5-3-1-2-4-6-8-10-12-14-16-19(18-22)20(23)24/h19H,1-16H2,(H2,23,24). The minimum Gasteiger partial charge on any atom is -0.369 e. The Morgan fingerprint density at radius 2 is 1.08 bits per heavy atom. The molecule has 2 N–H and O–H groups in total. The molecule has 0 aromatic carbocycles. The predicted molar refractivity (Wildman–Crippen MR) is 97.8 cm³/mol. The average Bonchev–Trinajstić information content (AvgIpc) is 2.57. The summed E-state index contributed by atoms with van der Waals surface area (Å²) in [6.45, 7) is 0. The summed E-state index contributed by atoms with van der Waals surface area (Å²) in [5.41, 5.74) is 5.14. The Kier molecular flexibility index (Phi) is 16.6. The first kappa shape index (κ1) is 22.4. The highest BCUT2D eigenvalue weighted by Crippen LogP contribution is 2.14. The summed E-state index contributed by atoms with van der Waals surface area (Å²) in [6.07, 6.45) is 18.7. The van der Waals surface area contributed by atoms with Gasteiger partial charge in [-0.2, -0.15) is 10.5 Å². The number of carbonyl (C=O) groups excluding carboxylic acids is 1. The maximum atomic E-state index is 10.9. The van der Waals surface area contributed by atoms with Crippen molar-refractivity contribution in [3.8, 4) is 12.1 Å². The molecule has 0 spiro atoms. The number of rotatable bonds is 17. The zero-order valence-electron chi connectivity index (χ0n) is 15.3. The van der Waals surface area contributed by atoms with Crippen molar-refractivity contribution in [2.75, 3.05) is 0 Å². The third kappa shape index (κ3) is 15.3. The van der Waals surface area contributed by atoms with Crippen LogP contribution in [-0.4, -0.2) is 5.91 Å². The normalized spacial score (nSPS) is 11.6. The van der Waals surface area contributed by atoms with Gasteiger partial charge < -0.3 is 5.73 Å². The molecule has 0 aromatic heterocycles. The molecule has 4 nitrogen and oxygen atoms in total. The van der Waals surface area contributed by atoms with Crippen molar-refractivity contribution in [1.29, 1.82) is 10.5 Å². The SMILES string of the molecule is N#CCCCCCCCCCCCCCCCCC(C#N)C(N)=O. The van der Waals surface area contributed by atoms with Crippen LogP contribution in [-0.2, 0) is 4.79 Å². The molecule has 0 aliphatic rings. The fraction of sp³-hybridized carbons (Fsp3) is 0.850. The van der Waals surface area contributed by atoms with E-state index < -0.39 is 11.8 Å². The van der Waals surface area contributed by atoms with Gasteiger partial charge in [0.2, 0.25) is 5.91 Å². The lowest BCUT2D eigenvalue weighted by Crippen LogP contribution is -2.21. The summed E-state index contributed by atoms with van der Waals surface area (Å²) in [5, 5.41) is 17.2. The number of hydrogen-bond acceptors (Lipinski definition) is 3. The van der Waals surface area contributed by atoms with Crippen molar-refractivity contribution >= 4 is 5.91 Å². The highest BCUT2D eigenvalue weighted by Gasteiger charge is 2.12. The molecule has 0 saturated heterocycles. The van der Waals surface area contributed by atoms with Gasteiger partial charge in [-0.15, -0.1) is 0 Å². The average molecular weight is 334 g/mol. The first-order valence-electron chi connectivity index (χ1n) is 9.78.